The molecule has 2 saturated heterocycles. The number of para-hydroxylation sites is 2. The Kier molecular flexibility index (Phi) is 5.99. The highest BCUT2D eigenvalue weighted by Crippen LogP contribution is 2.34. The second-order valence-electron chi connectivity index (χ2n) is 7.77. The van der Waals surface area contributed by atoms with Crippen LogP contribution in [0.4, 0.5) is 0 Å². The average molecular weight is 435 g/mol. The van der Waals surface area contributed by atoms with Crippen molar-refractivity contribution in [2.45, 2.75) is 43.9 Å². The first-order valence-corrected chi connectivity index (χ1v) is 11.3. The van der Waals surface area contributed by atoms with Crippen molar-refractivity contribution in [3.8, 4) is 11.5 Å². The Morgan fingerprint density at radius 3 is 1.60 bits per heavy atom. The first-order chi connectivity index (χ1) is 14.3. The Hall–Kier alpha value is -2.17. The zero-order chi connectivity index (χ0) is 21.2. The highest BCUT2D eigenvalue weighted by molar-refractivity contribution is 7.87. The molecule has 0 aromatic heterocycles. The van der Waals surface area contributed by atoms with Gasteiger partial charge in [-0.2, -0.15) is 17.9 Å². The molecular formula is C21H26N2O6S. The molecule has 2 aliphatic heterocycles. The van der Waals surface area contributed by atoms with E-state index in [1.165, 1.54) is 0 Å². The van der Waals surface area contributed by atoms with Crippen molar-refractivity contribution in [2.75, 3.05) is 13.2 Å². The summed E-state index contributed by atoms with van der Waals surface area (Å²) in [5.41, 5.74) is 0. The van der Waals surface area contributed by atoms with Crippen LogP contribution in [0.15, 0.2) is 60.7 Å². The minimum absolute atomic E-state index is 0.0950. The Morgan fingerprint density at radius 1 is 0.800 bits per heavy atom. The molecule has 0 spiro atoms. The molecule has 2 aromatic rings. The maximum Gasteiger partial charge on any atom is 0.277 e. The summed E-state index contributed by atoms with van der Waals surface area (Å²) in [5.74, 6) is 0.427. The lowest BCUT2D eigenvalue weighted by atomic mass is 10.0. The van der Waals surface area contributed by atoms with E-state index >= 15 is 0 Å². The highest BCUT2D eigenvalue weighted by Gasteiger charge is 2.52. The van der Waals surface area contributed by atoms with E-state index in [1.807, 2.05) is 60.7 Å². The van der Waals surface area contributed by atoms with Gasteiger partial charge in [0.05, 0.1) is 12.1 Å². The van der Waals surface area contributed by atoms with Crippen LogP contribution in [0.5, 0.6) is 11.5 Å². The smallest absolute Gasteiger partial charge is 0.277 e. The Labute approximate surface area is 176 Å². The Morgan fingerprint density at radius 2 is 1.20 bits per heavy atom. The Balaban J connectivity index is 1.53. The monoisotopic (exact) mass is 434 g/mol. The van der Waals surface area contributed by atoms with Crippen LogP contribution in [0.2, 0.25) is 0 Å². The predicted octanol–water partition coefficient (Wildman–Crippen LogP) is 1.84. The van der Waals surface area contributed by atoms with E-state index in [0.717, 1.165) is 0 Å². The van der Waals surface area contributed by atoms with Crippen LogP contribution < -0.4 is 18.9 Å². The highest BCUT2D eigenvalue weighted by atomic mass is 32.2. The summed E-state index contributed by atoms with van der Waals surface area (Å²) in [7, 11) is -3.83. The van der Waals surface area contributed by atoms with E-state index < -0.39 is 40.3 Å². The normalized spacial score (nSPS) is 29.5. The molecule has 0 unspecified atom stereocenters. The van der Waals surface area contributed by atoms with Gasteiger partial charge in [0.1, 0.15) is 36.9 Å². The molecule has 8 nitrogen and oxygen atoms in total. The molecule has 2 heterocycles. The lowest BCUT2D eigenvalue weighted by molar-refractivity contribution is -0.151. The van der Waals surface area contributed by atoms with Crippen molar-refractivity contribution in [2.24, 2.45) is 0 Å². The van der Waals surface area contributed by atoms with Crippen LogP contribution in [-0.4, -0.2) is 51.7 Å². The number of rotatable bonds is 6. The third-order valence-electron chi connectivity index (χ3n) is 4.92. The predicted molar refractivity (Wildman–Crippen MR) is 110 cm³/mol. The standard InChI is InChI=1S/C21H26N2O6S/c1-21(2)28-19-17(13-26-15-9-5-3-6-10-15)22-30(24,25)23-18(20(19)29-21)14-27-16-11-7-4-8-12-16/h3-12,17-20,22-23H,13-14H2,1-2H3/t17-,18-,19+,20+/m1/s1. The largest absolute Gasteiger partial charge is 0.492 e. The SMILES string of the molecule is CC1(C)O[C@@H]2[C@@H](O1)[C@@H](COc1ccccc1)NS(=O)(=O)N[C@@H]2COc1ccccc1. The van der Waals surface area contributed by atoms with Crippen molar-refractivity contribution in [3.05, 3.63) is 60.7 Å². The van der Waals surface area contributed by atoms with Gasteiger partial charge in [0.25, 0.3) is 10.2 Å². The van der Waals surface area contributed by atoms with Gasteiger partial charge in [0, 0.05) is 0 Å². The van der Waals surface area contributed by atoms with Gasteiger partial charge in [-0.15, -0.1) is 0 Å². The second-order valence-corrected chi connectivity index (χ2v) is 9.24. The summed E-state index contributed by atoms with van der Waals surface area (Å²) < 4.78 is 54.4. The molecule has 0 radical (unpaired) electrons. The van der Waals surface area contributed by atoms with Gasteiger partial charge in [0.15, 0.2) is 5.79 Å². The molecule has 0 aliphatic carbocycles. The minimum Gasteiger partial charge on any atom is -0.492 e. The zero-order valence-corrected chi connectivity index (χ0v) is 17.7. The molecule has 162 valence electrons. The molecule has 2 aliphatic rings. The molecule has 0 amide bonds. The van der Waals surface area contributed by atoms with Crippen LogP contribution in [0, 0.1) is 0 Å². The van der Waals surface area contributed by atoms with E-state index in [2.05, 4.69) is 9.44 Å². The van der Waals surface area contributed by atoms with E-state index in [0.29, 0.717) is 11.5 Å². The number of hydrogen-bond donors (Lipinski definition) is 2. The molecule has 0 bridgehead atoms. The number of nitrogens with one attached hydrogen (secondary N) is 2. The third-order valence-corrected chi connectivity index (χ3v) is 6.14. The molecule has 2 fully saturated rings. The third kappa shape index (κ3) is 5.11. The van der Waals surface area contributed by atoms with E-state index in [9.17, 15) is 8.42 Å². The van der Waals surface area contributed by atoms with Crippen molar-refractivity contribution in [3.63, 3.8) is 0 Å². The summed E-state index contributed by atoms with van der Waals surface area (Å²) in [6, 6.07) is 17.1. The number of benzene rings is 2. The van der Waals surface area contributed by atoms with E-state index in [-0.39, 0.29) is 13.2 Å². The number of fused-ring (bicyclic) bond motifs is 1. The summed E-state index contributed by atoms with van der Waals surface area (Å²) in [5, 5.41) is 0. The molecular weight excluding hydrogens is 408 g/mol. The van der Waals surface area contributed by atoms with E-state index in [4.69, 9.17) is 18.9 Å². The molecule has 4 rings (SSSR count). The summed E-state index contributed by atoms with van der Waals surface area (Å²) >= 11 is 0. The molecule has 0 saturated carbocycles. The molecule has 9 heteroatoms. The lowest BCUT2D eigenvalue weighted by Crippen LogP contribution is -2.49. The van der Waals surface area contributed by atoms with Gasteiger partial charge >= 0.3 is 0 Å². The quantitative estimate of drug-likeness (QED) is 0.721. The lowest BCUT2D eigenvalue weighted by Gasteiger charge is -2.25. The van der Waals surface area contributed by atoms with Gasteiger partial charge in [-0.05, 0) is 38.1 Å². The summed E-state index contributed by atoms with van der Waals surface area (Å²) in [6.07, 6.45) is -1.12. The molecule has 2 N–H and O–H groups in total. The fraction of sp³-hybridized carbons (Fsp3) is 0.429. The van der Waals surface area contributed by atoms with Crippen molar-refractivity contribution >= 4 is 10.2 Å². The van der Waals surface area contributed by atoms with Gasteiger partial charge in [0.2, 0.25) is 0 Å². The Bertz CT molecular complexity index is 869. The fourth-order valence-electron chi connectivity index (χ4n) is 3.67. The van der Waals surface area contributed by atoms with Crippen LogP contribution in [-0.2, 0) is 19.7 Å². The maximum absolute atomic E-state index is 12.7. The minimum atomic E-state index is -3.83. The van der Waals surface area contributed by atoms with Gasteiger partial charge in [-0.25, -0.2) is 0 Å². The van der Waals surface area contributed by atoms with E-state index in [1.54, 1.807) is 13.8 Å². The molecule has 2 aromatic carbocycles. The second kappa shape index (κ2) is 8.52. The topological polar surface area (TPSA) is 95.1 Å². The first-order valence-electron chi connectivity index (χ1n) is 9.82. The fourth-order valence-corrected chi connectivity index (χ4v) is 4.94. The van der Waals surface area contributed by atoms with Crippen molar-refractivity contribution in [1.29, 1.82) is 0 Å². The van der Waals surface area contributed by atoms with Gasteiger partial charge in [-0.3, -0.25) is 0 Å². The summed E-state index contributed by atoms with van der Waals surface area (Å²) in [4.78, 5) is 0. The number of hydrogen-bond acceptors (Lipinski definition) is 6. The molecule has 30 heavy (non-hydrogen) atoms. The zero-order valence-electron chi connectivity index (χ0n) is 16.9. The summed E-state index contributed by atoms with van der Waals surface area (Å²) in [6.45, 7) is 3.80. The first kappa shape index (κ1) is 21.1. The number of ether oxygens (including phenoxy) is 4. The van der Waals surface area contributed by atoms with Gasteiger partial charge in [-0.1, -0.05) is 36.4 Å². The van der Waals surface area contributed by atoms with Crippen molar-refractivity contribution in [1.82, 2.24) is 9.44 Å². The van der Waals surface area contributed by atoms with Crippen LogP contribution in [0.1, 0.15) is 13.8 Å². The maximum atomic E-state index is 12.7. The molecule has 4 atom stereocenters. The van der Waals surface area contributed by atoms with Crippen molar-refractivity contribution < 1.29 is 27.4 Å². The average Bonchev–Trinajstić information content (AvgIpc) is 3.00. The van der Waals surface area contributed by atoms with Crippen LogP contribution in [0.25, 0.3) is 0 Å². The van der Waals surface area contributed by atoms with Gasteiger partial charge < -0.3 is 18.9 Å². The van der Waals surface area contributed by atoms with Crippen LogP contribution >= 0.6 is 0 Å². The van der Waals surface area contributed by atoms with Crippen LogP contribution in [0.3, 0.4) is 0 Å².